The van der Waals surface area contributed by atoms with Gasteiger partial charge in [-0.3, -0.25) is 4.79 Å². The van der Waals surface area contributed by atoms with Crippen LogP contribution in [0.15, 0.2) is 12.1 Å². The zero-order valence-electron chi connectivity index (χ0n) is 8.21. The van der Waals surface area contributed by atoms with Crippen molar-refractivity contribution in [2.45, 2.75) is 13.0 Å². The summed E-state index contributed by atoms with van der Waals surface area (Å²) in [5.41, 5.74) is 7.16. The highest BCUT2D eigenvalue weighted by Gasteiger charge is 2.18. The Kier molecular flexibility index (Phi) is 2.54. The molecule has 0 spiro atoms. The van der Waals surface area contributed by atoms with Gasteiger partial charge in [0.1, 0.15) is 5.75 Å². The number of amides is 1. The van der Waals surface area contributed by atoms with Crippen molar-refractivity contribution in [1.29, 1.82) is 0 Å². The van der Waals surface area contributed by atoms with Crippen LogP contribution in [0.3, 0.4) is 0 Å². The van der Waals surface area contributed by atoms with Gasteiger partial charge in [-0.25, -0.2) is 0 Å². The highest BCUT2D eigenvalue weighted by molar-refractivity contribution is 6.32. The smallest absolute Gasteiger partial charge is 0.262 e. The number of anilines is 1. The lowest BCUT2D eigenvalue weighted by Gasteiger charge is -2.20. The van der Waals surface area contributed by atoms with Crippen LogP contribution in [0.2, 0.25) is 5.02 Å². The van der Waals surface area contributed by atoms with E-state index in [9.17, 15) is 4.79 Å². The zero-order valence-corrected chi connectivity index (χ0v) is 8.97. The van der Waals surface area contributed by atoms with Crippen LogP contribution in [-0.4, -0.2) is 12.5 Å². The van der Waals surface area contributed by atoms with Crippen LogP contribution in [-0.2, 0) is 4.79 Å². The van der Waals surface area contributed by atoms with Crippen molar-refractivity contribution >= 4 is 23.2 Å². The molecule has 1 atom stereocenters. The van der Waals surface area contributed by atoms with E-state index in [1.165, 1.54) is 0 Å². The third-order valence-electron chi connectivity index (χ3n) is 2.22. The fourth-order valence-corrected chi connectivity index (χ4v) is 1.80. The van der Waals surface area contributed by atoms with E-state index in [0.29, 0.717) is 16.5 Å². The number of fused-ring (bicyclic) bond motifs is 1. The average Bonchev–Trinajstić information content (AvgIpc) is 2.15. The van der Waals surface area contributed by atoms with Gasteiger partial charge >= 0.3 is 0 Å². The van der Waals surface area contributed by atoms with Crippen LogP contribution in [0.5, 0.6) is 5.75 Å². The Morgan fingerprint density at radius 3 is 3.00 bits per heavy atom. The molecule has 0 saturated heterocycles. The fourth-order valence-electron chi connectivity index (χ4n) is 1.46. The molecule has 3 N–H and O–H groups in total. The van der Waals surface area contributed by atoms with E-state index in [1.807, 2.05) is 6.92 Å². The zero-order chi connectivity index (χ0) is 11.0. The molecule has 0 unspecified atom stereocenters. The standard InChI is InChI=1S/C10H11ClN2O2/c1-5(12)6-2-9-8(3-7(6)11)13-10(14)4-15-9/h2-3,5H,4,12H2,1H3,(H,13,14)/t5-/m1/s1. The first-order valence-corrected chi connectivity index (χ1v) is 4.97. The number of hydrogen-bond acceptors (Lipinski definition) is 3. The molecule has 1 aliphatic heterocycles. The van der Waals surface area contributed by atoms with Crippen molar-refractivity contribution in [2.24, 2.45) is 5.73 Å². The van der Waals surface area contributed by atoms with Gasteiger partial charge in [-0.1, -0.05) is 11.6 Å². The van der Waals surface area contributed by atoms with Crippen molar-refractivity contribution in [3.05, 3.63) is 22.7 Å². The quantitative estimate of drug-likeness (QED) is 0.766. The molecule has 0 aromatic heterocycles. The van der Waals surface area contributed by atoms with E-state index >= 15 is 0 Å². The van der Waals surface area contributed by atoms with Crippen LogP contribution >= 0.6 is 11.6 Å². The highest BCUT2D eigenvalue weighted by Crippen LogP contribution is 2.35. The minimum Gasteiger partial charge on any atom is -0.482 e. The van der Waals surface area contributed by atoms with Crippen molar-refractivity contribution in [3.8, 4) is 5.75 Å². The molecule has 2 rings (SSSR count). The summed E-state index contributed by atoms with van der Waals surface area (Å²) in [6, 6.07) is 3.26. The topological polar surface area (TPSA) is 64.3 Å². The van der Waals surface area contributed by atoms with E-state index in [2.05, 4.69) is 5.32 Å². The summed E-state index contributed by atoms with van der Waals surface area (Å²) in [4.78, 5) is 11.1. The predicted octanol–water partition coefficient (Wildman–Crippen LogP) is 1.69. The summed E-state index contributed by atoms with van der Waals surface area (Å²) >= 11 is 6.02. The van der Waals surface area contributed by atoms with E-state index < -0.39 is 0 Å². The lowest BCUT2D eigenvalue weighted by molar-refractivity contribution is -0.118. The molecule has 1 aromatic rings. The van der Waals surface area contributed by atoms with E-state index in [1.54, 1.807) is 12.1 Å². The number of benzene rings is 1. The molecule has 0 radical (unpaired) electrons. The van der Waals surface area contributed by atoms with Gasteiger partial charge in [0.25, 0.3) is 5.91 Å². The van der Waals surface area contributed by atoms with Crippen LogP contribution in [0.4, 0.5) is 5.69 Å². The second-order valence-electron chi connectivity index (χ2n) is 3.50. The summed E-state index contributed by atoms with van der Waals surface area (Å²) < 4.78 is 5.26. The number of carbonyl (C=O) groups is 1. The summed E-state index contributed by atoms with van der Waals surface area (Å²) in [7, 11) is 0. The van der Waals surface area contributed by atoms with Crippen molar-refractivity contribution in [2.75, 3.05) is 11.9 Å². The first-order valence-electron chi connectivity index (χ1n) is 4.59. The lowest BCUT2D eigenvalue weighted by atomic mass is 10.1. The molecule has 4 nitrogen and oxygen atoms in total. The van der Waals surface area contributed by atoms with Gasteiger partial charge in [0.05, 0.1) is 5.69 Å². The average molecular weight is 227 g/mol. The summed E-state index contributed by atoms with van der Waals surface area (Å²) in [5, 5.41) is 3.21. The number of nitrogens with two attached hydrogens (primary N) is 1. The Balaban J connectivity index is 2.46. The highest BCUT2D eigenvalue weighted by atomic mass is 35.5. The van der Waals surface area contributed by atoms with Gasteiger partial charge < -0.3 is 15.8 Å². The number of rotatable bonds is 1. The van der Waals surface area contributed by atoms with E-state index in [0.717, 1.165) is 5.56 Å². The van der Waals surface area contributed by atoms with Crippen molar-refractivity contribution in [3.63, 3.8) is 0 Å². The number of ether oxygens (including phenoxy) is 1. The van der Waals surface area contributed by atoms with Crippen molar-refractivity contribution in [1.82, 2.24) is 0 Å². The van der Waals surface area contributed by atoms with Crippen LogP contribution in [0.25, 0.3) is 0 Å². The number of carbonyl (C=O) groups excluding carboxylic acids is 1. The molecule has 0 fully saturated rings. The fraction of sp³-hybridized carbons (Fsp3) is 0.300. The molecular weight excluding hydrogens is 216 g/mol. The van der Waals surface area contributed by atoms with Crippen molar-refractivity contribution < 1.29 is 9.53 Å². The molecule has 1 heterocycles. The first kappa shape index (κ1) is 10.3. The SMILES string of the molecule is C[C@@H](N)c1cc2c(cc1Cl)NC(=O)CO2. The van der Waals surface area contributed by atoms with Gasteiger partial charge in [0.15, 0.2) is 6.61 Å². The Morgan fingerprint density at radius 2 is 2.33 bits per heavy atom. The Bertz CT molecular complexity index is 418. The number of halogens is 1. The van der Waals surface area contributed by atoms with Gasteiger partial charge in [-0.05, 0) is 24.6 Å². The maximum atomic E-state index is 11.1. The van der Waals surface area contributed by atoms with Crippen LogP contribution in [0.1, 0.15) is 18.5 Å². The van der Waals surface area contributed by atoms with Gasteiger partial charge in [0, 0.05) is 11.1 Å². The molecule has 15 heavy (non-hydrogen) atoms. The molecular formula is C10H11ClN2O2. The molecule has 0 saturated carbocycles. The maximum Gasteiger partial charge on any atom is 0.262 e. The van der Waals surface area contributed by atoms with E-state index in [-0.39, 0.29) is 18.6 Å². The van der Waals surface area contributed by atoms with E-state index in [4.69, 9.17) is 22.1 Å². The predicted molar refractivity (Wildman–Crippen MR) is 58.2 cm³/mol. The van der Waals surface area contributed by atoms with Gasteiger partial charge in [0.2, 0.25) is 0 Å². The molecule has 0 aliphatic carbocycles. The maximum absolute atomic E-state index is 11.1. The Hall–Kier alpha value is -1.26. The molecule has 1 amide bonds. The largest absolute Gasteiger partial charge is 0.482 e. The lowest BCUT2D eigenvalue weighted by Crippen LogP contribution is -2.25. The minimum absolute atomic E-state index is 0.0347. The van der Waals surface area contributed by atoms with Gasteiger partial charge in [-0.15, -0.1) is 0 Å². The Morgan fingerprint density at radius 1 is 1.60 bits per heavy atom. The third kappa shape index (κ3) is 1.91. The number of hydrogen-bond donors (Lipinski definition) is 2. The monoisotopic (exact) mass is 226 g/mol. The molecule has 5 heteroatoms. The molecule has 1 aromatic carbocycles. The Labute approximate surface area is 92.4 Å². The van der Waals surface area contributed by atoms with Gasteiger partial charge in [-0.2, -0.15) is 0 Å². The molecule has 80 valence electrons. The third-order valence-corrected chi connectivity index (χ3v) is 2.55. The summed E-state index contributed by atoms with van der Waals surface area (Å²) in [5.74, 6) is 0.443. The number of nitrogens with one attached hydrogen (secondary N) is 1. The first-order chi connectivity index (χ1) is 7.08. The second-order valence-corrected chi connectivity index (χ2v) is 3.90. The van der Waals surface area contributed by atoms with Crippen LogP contribution < -0.4 is 15.8 Å². The van der Waals surface area contributed by atoms with Crippen LogP contribution in [0, 0.1) is 0 Å². The minimum atomic E-state index is -0.174. The molecule has 1 aliphatic rings. The summed E-state index contributed by atoms with van der Waals surface area (Å²) in [6.45, 7) is 1.88. The normalized spacial score (nSPS) is 16.3. The second kappa shape index (κ2) is 3.72. The molecule has 0 bridgehead atoms. The summed E-state index contributed by atoms with van der Waals surface area (Å²) in [6.07, 6.45) is 0.